The minimum absolute atomic E-state index is 0.0253. The van der Waals surface area contributed by atoms with E-state index in [1.807, 2.05) is 17.9 Å². The monoisotopic (exact) mass is 443 g/mol. The SMILES string of the molecule is Cc1ccc(=O)n(CC(=O)Nc2ccc(C(=O)N3CCC(Cc4ccccc4)CC3)cc2)c1. The van der Waals surface area contributed by atoms with Gasteiger partial charge in [0.15, 0.2) is 0 Å². The molecule has 170 valence electrons. The Kier molecular flexibility index (Phi) is 7.03. The highest BCUT2D eigenvalue weighted by Crippen LogP contribution is 2.23. The van der Waals surface area contributed by atoms with Gasteiger partial charge in [0.05, 0.1) is 0 Å². The van der Waals surface area contributed by atoms with Crippen LogP contribution in [0.5, 0.6) is 0 Å². The number of anilines is 1. The van der Waals surface area contributed by atoms with Crippen LogP contribution in [0.4, 0.5) is 5.69 Å². The molecule has 1 aromatic heterocycles. The molecule has 1 aliphatic rings. The van der Waals surface area contributed by atoms with E-state index in [1.54, 1.807) is 36.5 Å². The van der Waals surface area contributed by atoms with Crippen LogP contribution in [-0.2, 0) is 17.8 Å². The average Bonchev–Trinajstić information content (AvgIpc) is 2.83. The first-order valence-electron chi connectivity index (χ1n) is 11.4. The number of likely N-dealkylation sites (tertiary alicyclic amines) is 1. The summed E-state index contributed by atoms with van der Waals surface area (Å²) < 4.78 is 1.38. The van der Waals surface area contributed by atoms with Crippen molar-refractivity contribution in [1.82, 2.24) is 9.47 Å². The van der Waals surface area contributed by atoms with Gasteiger partial charge in [-0.2, -0.15) is 0 Å². The number of aromatic nitrogens is 1. The quantitative estimate of drug-likeness (QED) is 0.628. The summed E-state index contributed by atoms with van der Waals surface area (Å²) in [7, 11) is 0. The van der Waals surface area contributed by atoms with Crippen LogP contribution in [0.1, 0.15) is 34.3 Å². The summed E-state index contributed by atoms with van der Waals surface area (Å²) >= 11 is 0. The lowest BCUT2D eigenvalue weighted by Gasteiger charge is -2.32. The smallest absolute Gasteiger partial charge is 0.253 e. The van der Waals surface area contributed by atoms with Crippen LogP contribution >= 0.6 is 0 Å². The van der Waals surface area contributed by atoms with E-state index < -0.39 is 0 Å². The number of carbonyl (C=O) groups excluding carboxylic acids is 2. The predicted molar refractivity (Wildman–Crippen MR) is 129 cm³/mol. The average molecular weight is 444 g/mol. The van der Waals surface area contributed by atoms with Gasteiger partial charge in [0.1, 0.15) is 6.54 Å². The van der Waals surface area contributed by atoms with Crippen molar-refractivity contribution < 1.29 is 9.59 Å². The maximum absolute atomic E-state index is 12.9. The number of piperidine rings is 1. The zero-order valence-corrected chi connectivity index (χ0v) is 18.9. The van der Waals surface area contributed by atoms with Gasteiger partial charge in [-0.05, 0) is 67.5 Å². The normalized spacial score (nSPS) is 14.2. The predicted octanol–water partition coefficient (Wildman–Crippen LogP) is 3.89. The number of rotatable bonds is 6. The highest BCUT2D eigenvalue weighted by molar-refractivity contribution is 5.95. The molecule has 0 radical (unpaired) electrons. The Morgan fingerprint density at radius 3 is 2.33 bits per heavy atom. The summed E-state index contributed by atoms with van der Waals surface area (Å²) in [4.78, 5) is 39.0. The number of nitrogens with one attached hydrogen (secondary N) is 1. The highest BCUT2D eigenvalue weighted by Gasteiger charge is 2.23. The van der Waals surface area contributed by atoms with E-state index in [0.717, 1.165) is 37.9 Å². The number of hydrogen-bond donors (Lipinski definition) is 1. The molecule has 2 aromatic carbocycles. The molecule has 2 heterocycles. The third kappa shape index (κ3) is 5.98. The number of benzene rings is 2. The number of hydrogen-bond acceptors (Lipinski definition) is 3. The summed E-state index contributed by atoms with van der Waals surface area (Å²) in [5, 5.41) is 2.79. The fourth-order valence-corrected chi connectivity index (χ4v) is 4.30. The Morgan fingerprint density at radius 2 is 1.64 bits per heavy atom. The van der Waals surface area contributed by atoms with Crippen LogP contribution in [0.15, 0.2) is 77.7 Å². The van der Waals surface area contributed by atoms with Crippen LogP contribution < -0.4 is 10.9 Å². The summed E-state index contributed by atoms with van der Waals surface area (Å²) in [5.41, 5.74) is 3.26. The van der Waals surface area contributed by atoms with Crippen LogP contribution in [0, 0.1) is 12.8 Å². The maximum Gasteiger partial charge on any atom is 0.253 e. The van der Waals surface area contributed by atoms with Crippen molar-refractivity contribution in [2.75, 3.05) is 18.4 Å². The van der Waals surface area contributed by atoms with Crippen molar-refractivity contribution in [2.24, 2.45) is 5.92 Å². The van der Waals surface area contributed by atoms with Crippen molar-refractivity contribution in [3.8, 4) is 0 Å². The second-order valence-electron chi connectivity index (χ2n) is 8.72. The van der Waals surface area contributed by atoms with Crippen LogP contribution in [0.2, 0.25) is 0 Å². The third-order valence-electron chi connectivity index (χ3n) is 6.13. The molecule has 1 fully saturated rings. The molecule has 0 aliphatic carbocycles. The fraction of sp³-hybridized carbons (Fsp3) is 0.296. The van der Waals surface area contributed by atoms with Crippen molar-refractivity contribution >= 4 is 17.5 Å². The second-order valence-corrected chi connectivity index (χ2v) is 8.72. The number of amides is 2. The standard InChI is InChI=1S/C27H29N3O3/c1-20-7-12-26(32)30(18-20)19-25(31)28-24-10-8-23(9-11-24)27(33)29-15-13-22(14-16-29)17-21-5-3-2-4-6-21/h2-12,18,22H,13-17,19H2,1H3,(H,28,31). The van der Waals surface area contributed by atoms with E-state index in [9.17, 15) is 14.4 Å². The lowest BCUT2D eigenvalue weighted by Crippen LogP contribution is -2.38. The fourth-order valence-electron chi connectivity index (χ4n) is 4.30. The zero-order chi connectivity index (χ0) is 23.2. The van der Waals surface area contributed by atoms with Crippen molar-refractivity contribution in [2.45, 2.75) is 32.7 Å². The molecule has 3 aromatic rings. The lowest BCUT2D eigenvalue weighted by molar-refractivity contribution is -0.116. The van der Waals surface area contributed by atoms with Crippen LogP contribution in [-0.4, -0.2) is 34.4 Å². The molecule has 1 N–H and O–H groups in total. The Balaban J connectivity index is 1.29. The van der Waals surface area contributed by atoms with Crippen molar-refractivity contribution in [3.63, 3.8) is 0 Å². The molecular weight excluding hydrogens is 414 g/mol. The van der Waals surface area contributed by atoms with E-state index >= 15 is 0 Å². The molecule has 6 heteroatoms. The second kappa shape index (κ2) is 10.3. The minimum Gasteiger partial charge on any atom is -0.339 e. The van der Waals surface area contributed by atoms with E-state index in [2.05, 4.69) is 29.6 Å². The van der Waals surface area contributed by atoms with Crippen LogP contribution in [0.25, 0.3) is 0 Å². The van der Waals surface area contributed by atoms with Gasteiger partial charge in [0.25, 0.3) is 11.5 Å². The summed E-state index contributed by atoms with van der Waals surface area (Å²) in [6.45, 7) is 3.34. The largest absolute Gasteiger partial charge is 0.339 e. The van der Waals surface area contributed by atoms with Gasteiger partial charge in [-0.1, -0.05) is 36.4 Å². The number of pyridine rings is 1. The first-order chi connectivity index (χ1) is 16.0. The molecule has 0 bridgehead atoms. The molecule has 1 saturated heterocycles. The van der Waals surface area contributed by atoms with Gasteiger partial charge in [-0.25, -0.2) is 0 Å². The van der Waals surface area contributed by atoms with E-state index in [0.29, 0.717) is 17.2 Å². The molecule has 33 heavy (non-hydrogen) atoms. The molecular formula is C27H29N3O3. The Bertz CT molecular complexity index is 1160. The first kappa shape index (κ1) is 22.5. The van der Waals surface area contributed by atoms with Gasteiger partial charge in [0.2, 0.25) is 5.91 Å². The van der Waals surface area contributed by atoms with Gasteiger partial charge in [0, 0.05) is 36.6 Å². The number of aryl methyl sites for hydroxylation is 1. The summed E-state index contributed by atoms with van der Waals surface area (Å²) in [6.07, 6.45) is 4.73. The molecule has 6 nitrogen and oxygen atoms in total. The minimum atomic E-state index is -0.290. The Labute approximate surface area is 193 Å². The van der Waals surface area contributed by atoms with Crippen molar-refractivity contribution in [1.29, 1.82) is 0 Å². The summed E-state index contributed by atoms with van der Waals surface area (Å²) in [6, 6.07) is 20.6. The van der Waals surface area contributed by atoms with Gasteiger partial charge in [-0.3, -0.25) is 14.4 Å². The number of nitrogens with zero attached hydrogens (tertiary/aromatic N) is 2. The molecule has 2 amide bonds. The molecule has 4 rings (SSSR count). The molecule has 1 aliphatic heterocycles. The summed E-state index contributed by atoms with van der Waals surface area (Å²) in [5.74, 6) is 0.342. The highest BCUT2D eigenvalue weighted by atomic mass is 16.2. The maximum atomic E-state index is 12.9. The van der Waals surface area contributed by atoms with E-state index in [-0.39, 0.29) is 23.9 Å². The van der Waals surface area contributed by atoms with Gasteiger partial charge in [-0.15, -0.1) is 0 Å². The topological polar surface area (TPSA) is 71.4 Å². The Morgan fingerprint density at radius 1 is 0.939 bits per heavy atom. The molecule has 0 unspecified atom stereocenters. The molecule has 0 spiro atoms. The first-order valence-corrected chi connectivity index (χ1v) is 11.4. The lowest BCUT2D eigenvalue weighted by atomic mass is 9.90. The van der Waals surface area contributed by atoms with Gasteiger partial charge >= 0.3 is 0 Å². The Hall–Kier alpha value is -3.67. The van der Waals surface area contributed by atoms with E-state index in [1.165, 1.54) is 16.2 Å². The third-order valence-corrected chi connectivity index (χ3v) is 6.13. The molecule has 0 atom stereocenters. The van der Waals surface area contributed by atoms with E-state index in [4.69, 9.17) is 0 Å². The van der Waals surface area contributed by atoms with Crippen LogP contribution in [0.3, 0.4) is 0 Å². The van der Waals surface area contributed by atoms with Crippen molar-refractivity contribution in [3.05, 3.63) is 100.0 Å². The number of carbonyl (C=O) groups is 2. The zero-order valence-electron chi connectivity index (χ0n) is 18.9. The van der Waals surface area contributed by atoms with Gasteiger partial charge < -0.3 is 14.8 Å². The molecule has 0 saturated carbocycles.